The summed E-state index contributed by atoms with van der Waals surface area (Å²) in [6, 6.07) is 6.40. The molecule has 1 aliphatic rings. The molecule has 1 aromatic carbocycles. The van der Waals surface area contributed by atoms with Crippen LogP contribution >= 0.6 is 0 Å². The van der Waals surface area contributed by atoms with Crippen molar-refractivity contribution in [3.63, 3.8) is 0 Å². The predicted molar refractivity (Wildman–Crippen MR) is 79.8 cm³/mol. The highest BCUT2D eigenvalue weighted by atomic mass is 19.1. The lowest BCUT2D eigenvalue weighted by atomic mass is 10.2. The molecule has 2 heterocycles. The van der Waals surface area contributed by atoms with Crippen LogP contribution in [0.25, 0.3) is 0 Å². The van der Waals surface area contributed by atoms with E-state index in [1.165, 1.54) is 29.0 Å². The van der Waals surface area contributed by atoms with Crippen molar-refractivity contribution in [3.8, 4) is 0 Å². The van der Waals surface area contributed by atoms with Gasteiger partial charge in [0, 0.05) is 11.8 Å². The van der Waals surface area contributed by atoms with Gasteiger partial charge in [-0.2, -0.15) is 4.98 Å². The van der Waals surface area contributed by atoms with E-state index in [0.29, 0.717) is 0 Å². The molecule has 0 radical (unpaired) electrons. The van der Waals surface area contributed by atoms with E-state index in [9.17, 15) is 14.0 Å². The van der Waals surface area contributed by atoms with Gasteiger partial charge in [0.25, 0.3) is 5.91 Å². The van der Waals surface area contributed by atoms with Gasteiger partial charge in [-0.05, 0) is 30.3 Å². The van der Waals surface area contributed by atoms with Gasteiger partial charge in [-0.25, -0.2) is 9.18 Å². The monoisotopic (exact) mass is 335 g/mol. The first-order valence-corrected chi connectivity index (χ1v) is 7.11. The van der Waals surface area contributed by atoms with E-state index in [1.807, 2.05) is 0 Å². The molecule has 0 bridgehead atoms. The second-order valence-corrected chi connectivity index (χ2v) is 5.00. The molecule has 2 aromatic rings. The van der Waals surface area contributed by atoms with Gasteiger partial charge in [-0.3, -0.25) is 9.36 Å². The minimum Gasteiger partial charge on any atom is -0.391 e. The van der Waals surface area contributed by atoms with Crippen LogP contribution in [0.4, 0.5) is 10.2 Å². The van der Waals surface area contributed by atoms with Crippen LogP contribution < -0.4 is 11.0 Å². The molecular weight excluding hydrogens is 321 g/mol. The first-order chi connectivity index (χ1) is 11.6. The molecule has 24 heavy (non-hydrogen) atoms. The molecule has 1 amide bonds. The maximum absolute atomic E-state index is 12.8. The Bertz CT molecular complexity index is 792. The molecule has 2 N–H and O–H groups in total. The average molecular weight is 335 g/mol. The third-order valence-electron chi connectivity index (χ3n) is 3.37. The van der Waals surface area contributed by atoms with Gasteiger partial charge in [-0.15, -0.1) is 0 Å². The first-order valence-electron chi connectivity index (χ1n) is 7.11. The SMILES string of the molecule is O=C(Nc1ccn([C@@H]2CO[C@H](CO)O2)c(=O)n1)c1ccc(F)cc1. The van der Waals surface area contributed by atoms with Crippen molar-refractivity contribution in [2.75, 3.05) is 18.5 Å². The minimum absolute atomic E-state index is 0.0585. The maximum Gasteiger partial charge on any atom is 0.351 e. The number of halogens is 1. The number of carbonyl (C=O) groups excluding carboxylic acids is 1. The Morgan fingerprint density at radius 1 is 1.38 bits per heavy atom. The number of hydrogen-bond acceptors (Lipinski definition) is 6. The summed E-state index contributed by atoms with van der Waals surface area (Å²) in [4.78, 5) is 27.8. The highest BCUT2D eigenvalue weighted by Crippen LogP contribution is 2.19. The van der Waals surface area contributed by atoms with Crippen LogP contribution in [0.5, 0.6) is 0 Å². The zero-order chi connectivity index (χ0) is 17.1. The summed E-state index contributed by atoms with van der Waals surface area (Å²) in [7, 11) is 0. The fraction of sp³-hybridized carbons (Fsp3) is 0.267. The Balaban J connectivity index is 1.72. The Hall–Kier alpha value is -2.62. The van der Waals surface area contributed by atoms with E-state index in [-0.39, 0.29) is 24.6 Å². The number of nitrogens with zero attached hydrogens (tertiary/aromatic N) is 2. The van der Waals surface area contributed by atoms with E-state index < -0.39 is 29.9 Å². The number of nitrogens with one attached hydrogen (secondary N) is 1. The average Bonchev–Trinajstić information content (AvgIpc) is 3.04. The number of benzene rings is 1. The largest absolute Gasteiger partial charge is 0.391 e. The molecule has 9 heteroatoms. The van der Waals surface area contributed by atoms with Crippen molar-refractivity contribution in [2.45, 2.75) is 12.5 Å². The minimum atomic E-state index is -0.778. The Kier molecular flexibility index (Phi) is 4.65. The number of rotatable bonds is 4. The number of hydrogen-bond donors (Lipinski definition) is 2. The van der Waals surface area contributed by atoms with Crippen LogP contribution in [0.2, 0.25) is 0 Å². The van der Waals surface area contributed by atoms with E-state index in [4.69, 9.17) is 14.6 Å². The molecule has 0 spiro atoms. The van der Waals surface area contributed by atoms with Crippen molar-refractivity contribution in [3.05, 3.63) is 58.4 Å². The number of aliphatic hydroxyl groups excluding tert-OH is 1. The molecule has 1 aliphatic heterocycles. The lowest BCUT2D eigenvalue weighted by Gasteiger charge is -2.12. The van der Waals surface area contributed by atoms with Crippen LogP contribution in [0.15, 0.2) is 41.3 Å². The highest BCUT2D eigenvalue weighted by Gasteiger charge is 2.27. The zero-order valence-corrected chi connectivity index (χ0v) is 12.4. The molecule has 0 aliphatic carbocycles. The van der Waals surface area contributed by atoms with Crippen LogP contribution in [0.1, 0.15) is 16.6 Å². The molecule has 1 fully saturated rings. The van der Waals surface area contributed by atoms with Gasteiger partial charge in [0.15, 0.2) is 12.5 Å². The third-order valence-corrected chi connectivity index (χ3v) is 3.37. The molecule has 126 valence electrons. The number of aromatic nitrogens is 2. The highest BCUT2D eigenvalue weighted by molar-refractivity contribution is 6.03. The van der Waals surface area contributed by atoms with E-state index >= 15 is 0 Å². The summed E-state index contributed by atoms with van der Waals surface area (Å²) in [5, 5.41) is 11.4. The molecule has 1 aromatic heterocycles. The van der Waals surface area contributed by atoms with E-state index in [1.54, 1.807) is 0 Å². The summed E-state index contributed by atoms with van der Waals surface area (Å²) >= 11 is 0. The molecule has 1 saturated heterocycles. The van der Waals surface area contributed by atoms with Crippen molar-refractivity contribution in [2.24, 2.45) is 0 Å². The van der Waals surface area contributed by atoms with Gasteiger partial charge in [0.05, 0.1) is 13.2 Å². The standard InChI is InChI=1S/C15H14FN3O5/c16-10-3-1-9(2-4-10)14(21)17-11-5-6-19(15(22)18-11)12-8-23-13(7-20)24-12/h1-6,12-13,20H,7-8H2,(H,17,18,21,22)/t12-,13-/m0/s1. The summed E-state index contributed by atoms with van der Waals surface area (Å²) in [6.45, 7) is -0.210. The zero-order valence-electron chi connectivity index (χ0n) is 12.4. The molecule has 3 rings (SSSR count). The number of amides is 1. The molecule has 0 saturated carbocycles. The van der Waals surface area contributed by atoms with Gasteiger partial charge in [0.1, 0.15) is 11.6 Å². The van der Waals surface area contributed by atoms with Gasteiger partial charge in [-0.1, -0.05) is 0 Å². The quantitative estimate of drug-likeness (QED) is 0.843. The van der Waals surface area contributed by atoms with Gasteiger partial charge in [0.2, 0.25) is 0 Å². The molecule has 2 atom stereocenters. The van der Waals surface area contributed by atoms with Crippen molar-refractivity contribution < 1.29 is 23.8 Å². The van der Waals surface area contributed by atoms with Gasteiger partial charge < -0.3 is 19.9 Å². The smallest absolute Gasteiger partial charge is 0.351 e. The van der Waals surface area contributed by atoms with Crippen molar-refractivity contribution >= 4 is 11.7 Å². The topological polar surface area (TPSA) is 103 Å². The number of carbonyl (C=O) groups is 1. The van der Waals surface area contributed by atoms with Crippen LogP contribution in [0.3, 0.4) is 0 Å². The van der Waals surface area contributed by atoms with Crippen molar-refractivity contribution in [1.82, 2.24) is 9.55 Å². The van der Waals surface area contributed by atoms with Gasteiger partial charge >= 0.3 is 5.69 Å². The fourth-order valence-corrected chi connectivity index (χ4v) is 2.18. The van der Waals surface area contributed by atoms with Crippen LogP contribution in [0, 0.1) is 5.82 Å². The molecule has 8 nitrogen and oxygen atoms in total. The number of aliphatic hydroxyl groups is 1. The molecule has 0 unspecified atom stereocenters. The summed E-state index contributed by atoms with van der Waals surface area (Å²) < 4.78 is 24.5. The second kappa shape index (κ2) is 6.87. The number of ether oxygens (including phenoxy) is 2. The Morgan fingerprint density at radius 3 is 2.75 bits per heavy atom. The second-order valence-electron chi connectivity index (χ2n) is 5.00. The lowest BCUT2D eigenvalue weighted by Crippen LogP contribution is -2.29. The van der Waals surface area contributed by atoms with Crippen LogP contribution in [-0.2, 0) is 9.47 Å². The Labute approximate surface area is 135 Å². The first kappa shape index (κ1) is 16.2. The summed E-state index contributed by atoms with van der Waals surface area (Å²) in [6.07, 6.45) is -0.0626. The maximum atomic E-state index is 12.8. The normalized spacial score (nSPS) is 20.1. The fourth-order valence-electron chi connectivity index (χ4n) is 2.18. The van der Waals surface area contributed by atoms with E-state index in [2.05, 4.69) is 10.3 Å². The van der Waals surface area contributed by atoms with Crippen molar-refractivity contribution in [1.29, 1.82) is 0 Å². The predicted octanol–water partition coefficient (Wildman–Crippen LogP) is 0.498. The lowest BCUT2D eigenvalue weighted by molar-refractivity contribution is -0.0992. The van der Waals surface area contributed by atoms with E-state index in [0.717, 1.165) is 12.1 Å². The number of anilines is 1. The van der Waals surface area contributed by atoms with Crippen LogP contribution in [-0.4, -0.2) is 40.1 Å². The summed E-state index contributed by atoms with van der Waals surface area (Å²) in [5.74, 6) is -0.907. The Morgan fingerprint density at radius 2 is 2.12 bits per heavy atom. The third kappa shape index (κ3) is 3.48. The molecular formula is C15H14FN3O5. The summed E-state index contributed by atoms with van der Waals surface area (Å²) in [5.41, 5.74) is -0.403.